The van der Waals surface area contributed by atoms with Crippen LogP contribution in [0.3, 0.4) is 0 Å². The molecule has 0 amide bonds. The maximum Gasteiger partial charge on any atom is 0.419 e. The van der Waals surface area contributed by atoms with E-state index in [2.05, 4.69) is 38.4 Å². The number of rotatable bonds is 4. The van der Waals surface area contributed by atoms with Crippen molar-refractivity contribution in [2.75, 3.05) is 37.6 Å². The Morgan fingerprint density at radius 2 is 1.97 bits per heavy atom. The molecule has 0 spiro atoms. The Morgan fingerprint density at radius 3 is 2.79 bits per heavy atom. The van der Waals surface area contributed by atoms with E-state index in [4.69, 9.17) is 16.0 Å². The third-order valence-electron chi connectivity index (χ3n) is 5.69. The van der Waals surface area contributed by atoms with Crippen molar-refractivity contribution in [3.63, 3.8) is 0 Å². The second kappa shape index (κ2) is 7.48. The van der Waals surface area contributed by atoms with Crippen LogP contribution < -0.4 is 10.7 Å². The quantitative estimate of drug-likeness (QED) is 0.495. The molecule has 0 saturated carbocycles. The number of nitrogens with zero attached hydrogens (tertiary/aromatic N) is 4. The summed E-state index contributed by atoms with van der Waals surface area (Å²) in [7, 11) is 1.69. The summed E-state index contributed by atoms with van der Waals surface area (Å²) in [6, 6.07) is 12.1. The molecule has 0 unspecified atom stereocenters. The van der Waals surface area contributed by atoms with Gasteiger partial charge >= 0.3 is 5.76 Å². The molecule has 150 valence electrons. The molecular formula is C21H21ClN4O2S. The van der Waals surface area contributed by atoms with Gasteiger partial charge < -0.3 is 9.32 Å². The Hall–Kier alpha value is -2.35. The zero-order valence-electron chi connectivity index (χ0n) is 16.1. The third-order valence-corrected chi connectivity index (χ3v) is 6.86. The monoisotopic (exact) mass is 428 g/mol. The Kier molecular flexibility index (Phi) is 4.81. The van der Waals surface area contributed by atoms with Crippen LogP contribution in [0, 0.1) is 0 Å². The van der Waals surface area contributed by atoms with Crippen molar-refractivity contribution in [3.8, 4) is 0 Å². The summed E-state index contributed by atoms with van der Waals surface area (Å²) in [5, 5.41) is 1.93. The molecule has 0 bridgehead atoms. The molecule has 0 N–H and O–H groups in total. The summed E-state index contributed by atoms with van der Waals surface area (Å²) in [5.41, 5.74) is 2.34. The van der Waals surface area contributed by atoms with E-state index < -0.39 is 0 Å². The predicted molar refractivity (Wildman–Crippen MR) is 118 cm³/mol. The van der Waals surface area contributed by atoms with E-state index in [-0.39, 0.29) is 5.76 Å². The smallest absolute Gasteiger partial charge is 0.408 e. The van der Waals surface area contributed by atoms with E-state index in [0.29, 0.717) is 10.6 Å². The summed E-state index contributed by atoms with van der Waals surface area (Å²) < 4.78 is 12.7. The Morgan fingerprint density at radius 1 is 1.17 bits per heavy atom. The number of piperazine rings is 1. The first-order valence-electron chi connectivity index (χ1n) is 9.70. The lowest BCUT2D eigenvalue weighted by atomic mass is 10.1. The topological polar surface area (TPSA) is 54.5 Å². The van der Waals surface area contributed by atoms with Gasteiger partial charge in [0.05, 0.1) is 10.2 Å². The van der Waals surface area contributed by atoms with Gasteiger partial charge in [-0.05, 0) is 47.8 Å². The van der Waals surface area contributed by atoms with Gasteiger partial charge in [-0.25, -0.2) is 4.79 Å². The van der Waals surface area contributed by atoms with E-state index in [1.165, 1.54) is 14.7 Å². The molecular weight excluding hydrogens is 408 g/mol. The predicted octanol–water partition coefficient (Wildman–Crippen LogP) is 3.76. The average Bonchev–Trinajstić information content (AvgIpc) is 3.28. The molecule has 29 heavy (non-hydrogen) atoms. The second-order valence-electron chi connectivity index (χ2n) is 7.42. The second-order valence-corrected chi connectivity index (χ2v) is 8.63. The van der Waals surface area contributed by atoms with E-state index in [1.807, 2.05) is 12.1 Å². The SMILES string of the molecule is Cn1c(=O)oc2cc(CCN3CCN(c4nsc5ccccc45)CC3)c(Cl)cc21. The fourth-order valence-corrected chi connectivity index (χ4v) is 4.99. The van der Waals surface area contributed by atoms with Gasteiger partial charge in [0.25, 0.3) is 0 Å². The first-order valence-corrected chi connectivity index (χ1v) is 10.8. The van der Waals surface area contributed by atoms with Crippen molar-refractivity contribution in [2.45, 2.75) is 6.42 Å². The molecule has 0 aliphatic carbocycles. The normalized spacial score (nSPS) is 15.6. The number of aromatic nitrogens is 2. The first kappa shape index (κ1) is 18.7. The number of aryl methyl sites for hydroxylation is 1. The summed E-state index contributed by atoms with van der Waals surface area (Å²) in [5.74, 6) is 0.747. The molecule has 5 rings (SSSR count). The molecule has 1 aliphatic rings. The number of fused-ring (bicyclic) bond motifs is 2. The van der Waals surface area contributed by atoms with Gasteiger partial charge in [-0.2, -0.15) is 4.37 Å². The van der Waals surface area contributed by atoms with Crippen LogP contribution in [0.5, 0.6) is 0 Å². The van der Waals surface area contributed by atoms with Gasteiger partial charge in [0.2, 0.25) is 0 Å². The highest BCUT2D eigenvalue weighted by Crippen LogP contribution is 2.30. The zero-order chi connectivity index (χ0) is 20.0. The Bertz CT molecular complexity index is 1240. The minimum absolute atomic E-state index is 0.362. The highest BCUT2D eigenvalue weighted by Gasteiger charge is 2.21. The van der Waals surface area contributed by atoms with Crippen LogP contribution in [0.2, 0.25) is 5.02 Å². The molecule has 1 saturated heterocycles. The summed E-state index contributed by atoms with van der Waals surface area (Å²) in [4.78, 5) is 16.5. The van der Waals surface area contributed by atoms with Gasteiger partial charge in [0, 0.05) is 50.2 Å². The van der Waals surface area contributed by atoms with E-state index in [0.717, 1.165) is 56.0 Å². The maximum absolute atomic E-state index is 11.7. The van der Waals surface area contributed by atoms with Crippen molar-refractivity contribution in [1.29, 1.82) is 0 Å². The van der Waals surface area contributed by atoms with Crippen LogP contribution in [0.25, 0.3) is 21.2 Å². The van der Waals surface area contributed by atoms with Crippen molar-refractivity contribution in [3.05, 3.63) is 57.5 Å². The van der Waals surface area contributed by atoms with Crippen LogP contribution in [-0.4, -0.2) is 46.6 Å². The highest BCUT2D eigenvalue weighted by atomic mass is 35.5. The van der Waals surface area contributed by atoms with Gasteiger partial charge in [-0.15, -0.1) is 0 Å². The number of halogens is 1. The number of oxazole rings is 1. The van der Waals surface area contributed by atoms with E-state index >= 15 is 0 Å². The molecule has 6 nitrogen and oxygen atoms in total. The number of hydrogen-bond donors (Lipinski definition) is 0. The minimum atomic E-state index is -0.362. The molecule has 0 radical (unpaired) electrons. The molecule has 1 fully saturated rings. The third kappa shape index (κ3) is 3.43. The molecule has 8 heteroatoms. The van der Waals surface area contributed by atoms with Crippen LogP contribution in [-0.2, 0) is 13.5 Å². The van der Waals surface area contributed by atoms with Crippen LogP contribution in [0.15, 0.2) is 45.6 Å². The first-order chi connectivity index (χ1) is 14.1. The number of benzene rings is 2. The highest BCUT2D eigenvalue weighted by molar-refractivity contribution is 7.13. The number of anilines is 1. The zero-order valence-corrected chi connectivity index (χ0v) is 17.7. The van der Waals surface area contributed by atoms with Gasteiger partial charge in [-0.3, -0.25) is 9.47 Å². The van der Waals surface area contributed by atoms with Crippen LogP contribution >= 0.6 is 23.1 Å². The van der Waals surface area contributed by atoms with Crippen LogP contribution in [0.4, 0.5) is 5.82 Å². The standard InChI is InChI=1S/C21H21ClN4O2S/c1-24-17-13-16(22)14(12-18(17)28-21(24)27)6-7-25-8-10-26(11-9-25)20-15-4-2-3-5-19(15)29-23-20/h2-5,12-13H,6-11H2,1H3. The van der Waals surface area contributed by atoms with Crippen molar-refractivity contribution in [2.24, 2.45) is 7.05 Å². The fourth-order valence-electron chi connectivity index (χ4n) is 3.94. The van der Waals surface area contributed by atoms with Crippen molar-refractivity contribution in [1.82, 2.24) is 13.8 Å². The molecule has 0 atom stereocenters. The van der Waals surface area contributed by atoms with Crippen molar-refractivity contribution < 1.29 is 4.42 Å². The van der Waals surface area contributed by atoms with Crippen molar-refractivity contribution >= 4 is 50.1 Å². The van der Waals surface area contributed by atoms with E-state index in [1.54, 1.807) is 18.6 Å². The minimum Gasteiger partial charge on any atom is -0.408 e. The van der Waals surface area contributed by atoms with E-state index in [9.17, 15) is 4.79 Å². The van der Waals surface area contributed by atoms with Crippen LogP contribution in [0.1, 0.15) is 5.56 Å². The van der Waals surface area contributed by atoms with Gasteiger partial charge in [0.15, 0.2) is 5.58 Å². The van der Waals surface area contributed by atoms with Gasteiger partial charge in [-0.1, -0.05) is 23.7 Å². The largest absolute Gasteiger partial charge is 0.419 e. The number of hydrogen-bond acceptors (Lipinski definition) is 6. The Balaban J connectivity index is 1.24. The molecule has 2 aromatic heterocycles. The maximum atomic E-state index is 11.7. The lowest BCUT2D eigenvalue weighted by molar-refractivity contribution is 0.261. The summed E-state index contributed by atoms with van der Waals surface area (Å²) >= 11 is 8.03. The summed E-state index contributed by atoms with van der Waals surface area (Å²) in [6.45, 7) is 4.84. The lowest BCUT2D eigenvalue weighted by Gasteiger charge is -2.35. The Labute approximate surface area is 177 Å². The van der Waals surface area contributed by atoms with Gasteiger partial charge in [0.1, 0.15) is 5.82 Å². The molecule has 3 heterocycles. The summed E-state index contributed by atoms with van der Waals surface area (Å²) in [6.07, 6.45) is 0.826. The fraction of sp³-hybridized carbons (Fsp3) is 0.333. The molecule has 1 aliphatic heterocycles. The average molecular weight is 429 g/mol. The molecule has 2 aromatic carbocycles. The lowest BCUT2D eigenvalue weighted by Crippen LogP contribution is -2.47. The molecule has 4 aromatic rings.